The third kappa shape index (κ3) is 2.54. The number of hydrogen-bond acceptors (Lipinski definition) is 3. The highest BCUT2D eigenvalue weighted by molar-refractivity contribution is 5.77. The van der Waals surface area contributed by atoms with Crippen molar-refractivity contribution < 1.29 is 14.3 Å². The maximum Gasteiger partial charge on any atom is 0.410 e. The van der Waals surface area contributed by atoms with E-state index < -0.39 is 0 Å². The summed E-state index contributed by atoms with van der Waals surface area (Å²) in [5, 5.41) is 2.79. The molecule has 6 nitrogen and oxygen atoms in total. The quantitative estimate of drug-likeness (QED) is 0.877. The molecular weight excluding hydrogens is 258 g/mol. The van der Waals surface area contributed by atoms with Crippen molar-refractivity contribution in [2.24, 2.45) is 0 Å². The zero-order chi connectivity index (χ0) is 13.9. The molecule has 0 saturated carbocycles. The minimum Gasteiger partial charge on any atom is -0.445 e. The largest absolute Gasteiger partial charge is 0.445 e. The number of ether oxygens (including phenoxy) is 1. The molecule has 3 rings (SSSR count). The molecule has 1 N–H and O–H groups in total. The first-order valence-corrected chi connectivity index (χ1v) is 6.74. The highest BCUT2D eigenvalue weighted by Gasteiger charge is 2.37. The highest BCUT2D eigenvalue weighted by atomic mass is 16.6. The lowest BCUT2D eigenvalue weighted by Crippen LogP contribution is -2.53. The molecule has 1 aromatic rings. The molecule has 0 unspecified atom stereocenters. The third-order valence-electron chi connectivity index (χ3n) is 3.70. The Balaban J connectivity index is 1.52. The van der Waals surface area contributed by atoms with Crippen molar-refractivity contribution in [3.8, 4) is 0 Å². The van der Waals surface area contributed by atoms with E-state index in [-0.39, 0.29) is 24.8 Å². The van der Waals surface area contributed by atoms with E-state index >= 15 is 0 Å². The fourth-order valence-corrected chi connectivity index (χ4v) is 2.58. The first-order chi connectivity index (χ1) is 9.74. The van der Waals surface area contributed by atoms with E-state index in [0.717, 1.165) is 5.56 Å². The van der Waals surface area contributed by atoms with E-state index in [0.29, 0.717) is 26.2 Å². The van der Waals surface area contributed by atoms with Crippen LogP contribution in [-0.4, -0.2) is 54.1 Å². The standard InChI is InChI=1S/C14H17N3O3/c18-13-15-8-12-9-16(6-7-17(12)13)14(19)20-10-11-4-2-1-3-5-11/h1-5,12H,6-10H2,(H,15,18)/t12-/m0/s1. The van der Waals surface area contributed by atoms with Gasteiger partial charge < -0.3 is 19.9 Å². The molecule has 1 atom stereocenters. The van der Waals surface area contributed by atoms with Crippen molar-refractivity contribution in [1.82, 2.24) is 15.1 Å². The van der Waals surface area contributed by atoms with Gasteiger partial charge in [-0.2, -0.15) is 0 Å². The molecule has 0 bridgehead atoms. The topological polar surface area (TPSA) is 61.9 Å². The number of amides is 3. The van der Waals surface area contributed by atoms with Crippen LogP contribution in [0.5, 0.6) is 0 Å². The van der Waals surface area contributed by atoms with Crippen LogP contribution in [0.4, 0.5) is 9.59 Å². The van der Waals surface area contributed by atoms with Gasteiger partial charge in [0.2, 0.25) is 0 Å². The number of carbonyl (C=O) groups excluding carboxylic acids is 2. The number of urea groups is 1. The van der Waals surface area contributed by atoms with Gasteiger partial charge in [0.1, 0.15) is 6.61 Å². The highest BCUT2D eigenvalue weighted by Crippen LogP contribution is 2.15. The lowest BCUT2D eigenvalue weighted by molar-refractivity contribution is 0.0682. The molecule has 0 radical (unpaired) electrons. The zero-order valence-electron chi connectivity index (χ0n) is 11.1. The lowest BCUT2D eigenvalue weighted by Gasteiger charge is -2.35. The van der Waals surface area contributed by atoms with E-state index in [1.807, 2.05) is 30.3 Å². The van der Waals surface area contributed by atoms with Crippen LogP contribution in [0.2, 0.25) is 0 Å². The van der Waals surface area contributed by atoms with Gasteiger partial charge in [0.25, 0.3) is 0 Å². The summed E-state index contributed by atoms with van der Waals surface area (Å²) in [6.07, 6.45) is -0.312. The third-order valence-corrected chi connectivity index (χ3v) is 3.70. The monoisotopic (exact) mass is 275 g/mol. The lowest BCUT2D eigenvalue weighted by atomic mass is 10.2. The Bertz CT molecular complexity index is 506. The van der Waals surface area contributed by atoms with Crippen LogP contribution >= 0.6 is 0 Å². The molecule has 6 heteroatoms. The minimum absolute atomic E-state index is 0.0349. The zero-order valence-corrected chi connectivity index (χ0v) is 11.1. The first-order valence-electron chi connectivity index (χ1n) is 6.74. The molecule has 2 saturated heterocycles. The molecule has 3 amide bonds. The summed E-state index contributed by atoms with van der Waals surface area (Å²) in [5.41, 5.74) is 0.970. The molecule has 1 aromatic carbocycles. The molecule has 0 spiro atoms. The van der Waals surface area contributed by atoms with E-state index in [1.54, 1.807) is 9.80 Å². The van der Waals surface area contributed by atoms with E-state index in [2.05, 4.69) is 5.32 Å². The number of nitrogens with zero attached hydrogens (tertiary/aromatic N) is 2. The van der Waals surface area contributed by atoms with Gasteiger partial charge in [0.15, 0.2) is 0 Å². The summed E-state index contributed by atoms with van der Waals surface area (Å²) < 4.78 is 5.31. The number of benzene rings is 1. The van der Waals surface area contributed by atoms with E-state index in [9.17, 15) is 9.59 Å². The van der Waals surface area contributed by atoms with Crippen LogP contribution in [-0.2, 0) is 11.3 Å². The Labute approximate surface area is 117 Å². The Kier molecular flexibility index (Phi) is 3.45. The van der Waals surface area contributed by atoms with Gasteiger partial charge in [0.05, 0.1) is 6.04 Å². The summed E-state index contributed by atoms with van der Waals surface area (Å²) in [7, 11) is 0. The molecule has 2 aliphatic rings. The maximum atomic E-state index is 12.0. The van der Waals surface area contributed by atoms with Crippen LogP contribution in [0, 0.1) is 0 Å². The second kappa shape index (κ2) is 5.40. The molecule has 106 valence electrons. The van der Waals surface area contributed by atoms with Gasteiger partial charge >= 0.3 is 12.1 Å². The van der Waals surface area contributed by atoms with Crippen LogP contribution in [0.25, 0.3) is 0 Å². The van der Waals surface area contributed by atoms with Crippen LogP contribution in [0.15, 0.2) is 30.3 Å². The fraction of sp³-hybridized carbons (Fsp3) is 0.429. The van der Waals surface area contributed by atoms with Crippen LogP contribution in [0.3, 0.4) is 0 Å². The normalized spacial score (nSPS) is 21.4. The van der Waals surface area contributed by atoms with Gasteiger partial charge in [-0.3, -0.25) is 0 Å². The van der Waals surface area contributed by atoms with Crippen molar-refractivity contribution in [2.75, 3.05) is 26.2 Å². The number of carbonyl (C=O) groups is 2. The van der Waals surface area contributed by atoms with Crippen LogP contribution < -0.4 is 5.32 Å². The number of nitrogens with one attached hydrogen (secondary N) is 1. The van der Waals surface area contributed by atoms with Gasteiger partial charge in [-0.15, -0.1) is 0 Å². The predicted molar refractivity (Wildman–Crippen MR) is 72.1 cm³/mol. The van der Waals surface area contributed by atoms with E-state index in [4.69, 9.17) is 4.74 Å². The predicted octanol–water partition coefficient (Wildman–Crippen LogP) is 1.03. The van der Waals surface area contributed by atoms with Crippen LogP contribution in [0.1, 0.15) is 5.56 Å². The van der Waals surface area contributed by atoms with Gasteiger partial charge in [-0.05, 0) is 5.56 Å². The van der Waals surface area contributed by atoms with Gasteiger partial charge in [0, 0.05) is 26.2 Å². The number of hydrogen-bond donors (Lipinski definition) is 1. The summed E-state index contributed by atoms with van der Waals surface area (Å²) in [5.74, 6) is 0. The number of rotatable bonds is 2. The first kappa shape index (κ1) is 12.8. The van der Waals surface area contributed by atoms with Crippen molar-refractivity contribution in [3.05, 3.63) is 35.9 Å². The molecular formula is C14H17N3O3. The summed E-state index contributed by atoms with van der Waals surface area (Å²) >= 11 is 0. The summed E-state index contributed by atoms with van der Waals surface area (Å²) in [6, 6.07) is 9.63. The molecule has 2 aliphatic heterocycles. The average molecular weight is 275 g/mol. The maximum absolute atomic E-state index is 12.0. The number of fused-ring (bicyclic) bond motifs is 1. The van der Waals surface area contributed by atoms with E-state index in [1.165, 1.54) is 0 Å². The average Bonchev–Trinajstić information content (AvgIpc) is 2.87. The Morgan fingerprint density at radius 2 is 2.10 bits per heavy atom. The summed E-state index contributed by atoms with van der Waals surface area (Å²) in [4.78, 5) is 26.9. The van der Waals surface area contributed by atoms with Crippen molar-refractivity contribution in [3.63, 3.8) is 0 Å². The molecule has 0 aliphatic carbocycles. The molecule has 2 fully saturated rings. The summed E-state index contributed by atoms with van der Waals surface area (Å²) in [6.45, 7) is 2.50. The molecule has 0 aromatic heterocycles. The second-order valence-electron chi connectivity index (χ2n) is 5.02. The smallest absolute Gasteiger partial charge is 0.410 e. The Morgan fingerprint density at radius 3 is 2.90 bits per heavy atom. The minimum atomic E-state index is -0.312. The van der Waals surface area contributed by atoms with Gasteiger partial charge in [-0.25, -0.2) is 9.59 Å². The SMILES string of the molecule is O=C(OCc1ccccc1)N1CCN2C(=O)NC[C@H]2C1. The van der Waals surface area contributed by atoms with Gasteiger partial charge in [-0.1, -0.05) is 30.3 Å². The molecule has 20 heavy (non-hydrogen) atoms. The van der Waals surface area contributed by atoms with Crippen molar-refractivity contribution in [2.45, 2.75) is 12.6 Å². The second-order valence-corrected chi connectivity index (χ2v) is 5.02. The number of piperazine rings is 1. The van der Waals surface area contributed by atoms with Crippen molar-refractivity contribution in [1.29, 1.82) is 0 Å². The molecule has 2 heterocycles. The van der Waals surface area contributed by atoms with Crippen molar-refractivity contribution >= 4 is 12.1 Å². The Morgan fingerprint density at radius 1 is 1.30 bits per heavy atom. The fourth-order valence-electron chi connectivity index (χ4n) is 2.58. The Hall–Kier alpha value is -2.24.